The summed E-state index contributed by atoms with van der Waals surface area (Å²) in [6.45, 7) is 6.46. The lowest BCUT2D eigenvalue weighted by Gasteiger charge is -2.37. The van der Waals surface area contributed by atoms with Crippen molar-refractivity contribution in [3.63, 3.8) is 0 Å². The van der Waals surface area contributed by atoms with Crippen molar-refractivity contribution >= 4 is 40.9 Å². The number of halogens is 1. The minimum Gasteiger partial charge on any atom is -0.450 e. The number of amides is 2. The molecule has 0 spiro atoms. The molecule has 3 aromatic heterocycles. The third-order valence-corrected chi connectivity index (χ3v) is 8.16. The molecule has 208 valence electrons. The molecule has 39 heavy (non-hydrogen) atoms. The molecule has 14 heteroatoms. The SMILES string of the molecule is CC(C)N1CCC(NC(=O)c2cc(C(=O)N3CC(OC(=O)O)C3)n(Cc3cc(-c4ccc(Cl)s4)on3)n2)CC1. The van der Waals surface area contributed by atoms with E-state index in [1.54, 1.807) is 12.1 Å². The van der Waals surface area contributed by atoms with Crippen LogP contribution in [0, 0.1) is 0 Å². The highest BCUT2D eigenvalue weighted by Gasteiger charge is 2.36. The molecule has 5 heterocycles. The molecule has 0 unspecified atom stereocenters. The molecule has 0 bridgehead atoms. The first-order valence-electron chi connectivity index (χ1n) is 12.7. The van der Waals surface area contributed by atoms with E-state index in [0.29, 0.717) is 21.8 Å². The lowest BCUT2D eigenvalue weighted by molar-refractivity contribution is -0.0248. The highest BCUT2D eigenvalue weighted by molar-refractivity contribution is 7.19. The Morgan fingerprint density at radius 2 is 1.97 bits per heavy atom. The molecule has 2 aliphatic rings. The molecule has 0 aliphatic carbocycles. The van der Waals surface area contributed by atoms with Gasteiger partial charge in [0.05, 0.1) is 28.8 Å². The topological polar surface area (TPSA) is 143 Å². The number of aromatic nitrogens is 3. The first-order valence-corrected chi connectivity index (χ1v) is 13.9. The minimum atomic E-state index is -1.39. The summed E-state index contributed by atoms with van der Waals surface area (Å²) in [5.74, 6) is -0.203. The number of nitrogens with zero attached hydrogens (tertiary/aromatic N) is 5. The van der Waals surface area contributed by atoms with Gasteiger partial charge in [-0.2, -0.15) is 5.10 Å². The Balaban J connectivity index is 1.32. The van der Waals surface area contributed by atoms with Gasteiger partial charge in [-0.3, -0.25) is 14.3 Å². The Bertz CT molecular complexity index is 1350. The van der Waals surface area contributed by atoms with Crippen LogP contribution in [0.1, 0.15) is 53.4 Å². The second-order valence-electron chi connectivity index (χ2n) is 9.95. The molecule has 3 aromatic rings. The van der Waals surface area contributed by atoms with Gasteiger partial charge in [-0.25, -0.2) is 4.79 Å². The molecule has 2 N–H and O–H groups in total. The summed E-state index contributed by atoms with van der Waals surface area (Å²) in [4.78, 5) is 41.9. The summed E-state index contributed by atoms with van der Waals surface area (Å²) < 4.78 is 12.2. The Hall–Kier alpha value is -3.42. The average molecular weight is 577 g/mol. The fraction of sp³-hybridized carbons (Fsp3) is 0.480. The minimum absolute atomic E-state index is 0.0248. The molecule has 0 aromatic carbocycles. The third kappa shape index (κ3) is 6.26. The van der Waals surface area contributed by atoms with E-state index in [1.807, 2.05) is 6.07 Å². The molecule has 0 saturated carbocycles. The van der Waals surface area contributed by atoms with Crippen LogP contribution in [-0.4, -0.2) is 92.2 Å². The van der Waals surface area contributed by atoms with Gasteiger partial charge < -0.3 is 29.5 Å². The largest absolute Gasteiger partial charge is 0.506 e. The van der Waals surface area contributed by atoms with Gasteiger partial charge in [-0.15, -0.1) is 11.3 Å². The van der Waals surface area contributed by atoms with Crippen molar-refractivity contribution in [3.05, 3.63) is 45.7 Å². The van der Waals surface area contributed by atoms with E-state index in [4.69, 9.17) is 26.0 Å². The van der Waals surface area contributed by atoms with E-state index in [1.165, 1.54) is 27.0 Å². The highest BCUT2D eigenvalue weighted by Crippen LogP contribution is 2.31. The number of hydrogen-bond acceptors (Lipinski definition) is 9. The number of rotatable bonds is 8. The number of hydrogen-bond donors (Lipinski definition) is 2. The number of carbonyl (C=O) groups is 3. The van der Waals surface area contributed by atoms with Crippen molar-refractivity contribution in [2.75, 3.05) is 26.2 Å². The molecule has 0 radical (unpaired) electrons. The van der Waals surface area contributed by atoms with E-state index < -0.39 is 12.3 Å². The maximum absolute atomic E-state index is 13.3. The number of carboxylic acid groups (broad SMARTS) is 1. The van der Waals surface area contributed by atoms with E-state index in [0.717, 1.165) is 30.8 Å². The zero-order valence-corrected chi connectivity index (χ0v) is 23.1. The zero-order chi connectivity index (χ0) is 27.7. The van der Waals surface area contributed by atoms with Crippen molar-refractivity contribution in [1.82, 2.24) is 30.1 Å². The summed E-state index contributed by atoms with van der Waals surface area (Å²) in [7, 11) is 0. The van der Waals surface area contributed by atoms with Crippen LogP contribution in [0.5, 0.6) is 0 Å². The number of ether oxygens (including phenoxy) is 1. The number of thiophene rings is 1. The summed E-state index contributed by atoms with van der Waals surface area (Å²) in [6, 6.07) is 7.28. The van der Waals surface area contributed by atoms with Crippen LogP contribution in [0.4, 0.5) is 4.79 Å². The first kappa shape index (κ1) is 27.2. The fourth-order valence-corrected chi connectivity index (χ4v) is 5.72. The van der Waals surface area contributed by atoms with Gasteiger partial charge in [0, 0.05) is 37.3 Å². The molecule has 2 amide bonds. The standard InChI is InChI=1S/C25H29ClN6O6S/c1-14(2)30-7-5-15(6-8-30)27-23(33)18-10-19(24(34)31-12-17(13-31)37-25(35)36)32(28-18)11-16-9-20(38-29-16)21-3-4-22(26)39-21/h3-4,9-10,14-15,17H,5-8,11-13H2,1-2H3,(H,27,33)(H,35,36). The van der Waals surface area contributed by atoms with Crippen LogP contribution in [0.25, 0.3) is 10.6 Å². The molecule has 2 aliphatic heterocycles. The maximum atomic E-state index is 13.3. The first-order chi connectivity index (χ1) is 18.7. The average Bonchev–Trinajstić information content (AvgIpc) is 3.61. The summed E-state index contributed by atoms with van der Waals surface area (Å²) in [5.41, 5.74) is 0.819. The van der Waals surface area contributed by atoms with Crippen LogP contribution >= 0.6 is 22.9 Å². The van der Waals surface area contributed by atoms with Gasteiger partial charge >= 0.3 is 6.16 Å². The molecule has 12 nitrogen and oxygen atoms in total. The van der Waals surface area contributed by atoms with Crippen LogP contribution in [-0.2, 0) is 11.3 Å². The number of nitrogens with one attached hydrogen (secondary N) is 1. The monoisotopic (exact) mass is 576 g/mol. The van der Waals surface area contributed by atoms with E-state index in [-0.39, 0.29) is 48.9 Å². The Morgan fingerprint density at radius 1 is 1.23 bits per heavy atom. The third-order valence-electron chi connectivity index (χ3n) is 6.92. The normalized spacial score (nSPS) is 16.9. The van der Waals surface area contributed by atoms with Crippen LogP contribution < -0.4 is 5.32 Å². The van der Waals surface area contributed by atoms with E-state index >= 15 is 0 Å². The van der Waals surface area contributed by atoms with Gasteiger partial charge in [0.1, 0.15) is 17.5 Å². The van der Waals surface area contributed by atoms with Crippen molar-refractivity contribution in [2.45, 2.75) is 51.4 Å². The summed E-state index contributed by atoms with van der Waals surface area (Å²) >= 11 is 7.38. The second-order valence-corrected chi connectivity index (χ2v) is 11.7. The molecular weight excluding hydrogens is 548 g/mol. The predicted molar refractivity (Wildman–Crippen MR) is 142 cm³/mol. The number of carbonyl (C=O) groups excluding carboxylic acids is 2. The zero-order valence-electron chi connectivity index (χ0n) is 21.5. The smallest absolute Gasteiger partial charge is 0.450 e. The number of piperidine rings is 1. The molecular formula is C25H29ClN6O6S. The molecule has 2 fully saturated rings. The van der Waals surface area contributed by atoms with Crippen molar-refractivity contribution < 1.29 is 28.8 Å². The molecule has 2 saturated heterocycles. The second kappa shape index (κ2) is 11.4. The number of likely N-dealkylation sites (tertiary alicyclic amines) is 2. The van der Waals surface area contributed by atoms with Gasteiger partial charge in [-0.1, -0.05) is 16.8 Å². The van der Waals surface area contributed by atoms with Crippen molar-refractivity contribution in [1.29, 1.82) is 0 Å². The van der Waals surface area contributed by atoms with Gasteiger partial charge in [0.2, 0.25) is 0 Å². The maximum Gasteiger partial charge on any atom is 0.506 e. The van der Waals surface area contributed by atoms with Gasteiger partial charge in [0.25, 0.3) is 11.8 Å². The van der Waals surface area contributed by atoms with E-state index in [2.05, 4.69) is 34.3 Å². The van der Waals surface area contributed by atoms with Crippen molar-refractivity contribution in [3.8, 4) is 10.6 Å². The predicted octanol–water partition coefficient (Wildman–Crippen LogP) is 3.42. The van der Waals surface area contributed by atoms with Crippen molar-refractivity contribution in [2.24, 2.45) is 0 Å². The lowest BCUT2D eigenvalue weighted by atomic mass is 10.0. The lowest BCUT2D eigenvalue weighted by Crippen LogP contribution is -2.55. The fourth-order valence-electron chi connectivity index (χ4n) is 4.73. The molecule has 5 rings (SSSR count). The quantitative estimate of drug-likeness (QED) is 0.385. The Kier molecular flexibility index (Phi) is 7.91. The van der Waals surface area contributed by atoms with Gasteiger partial charge in [-0.05, 0) is 38.8 Å². The van der Waals surface area contributed by atoms with Crippen LogP contribution in [0.2, 0.25) is 4.34 Å². The summed E-state index contributed by atoms with van der Waals surface area (Å²) in [5, 5.41) is 20.4. The van der Waals surface area contributed by atoms with Gasteiger partial charge in [0.15, 0.2) is 11.5 Å². The Morgan fingerprint density at radius 3 is 2.62 bits per heavy atom. The summed E-state index contributed by atoms with van der Waals surface area (Å²) in [6.07, 6.45) is -0.296. The molecule has 0 atom stereocenters. The van der Waals surface area contributed by atoms with Crippen LogP contribution in [0.15, 0.2) is 28.8 Å². The van der Waals surface area contributed by atoms with Crippen LogP contribution in [0.3, 0.4) is 0 Å². The highest BCUT2D eigenvalue weighted by atomic mass is 35.5. The van der Waals surface area contributed by atoms with E-state index in [9.17, 15) is 14.4 Å². The Labute approximate surface area is 233 Å².